The van der Waals surface area contributed by atoms with Crippen LogP contribution in [0.3, 0.4) is 0 Å². The number of likely N-dealkylation sites (N-methyl/N-ethyl adjacent to an activating group) is 1. The minimum Gasteiger partial charge on any atom is -0.478 e. The number of nitrogens with zero attached hydrogens (tertiary/aromatic N) is 1. The van der Waals surface area contributed by atoms with E-state index in [0.717, 1.165) is 4.90 Å². The standard InChI is InChI=1S/C12H14N2O5/c1-14(7-10(15)19-2)12(18)13-9-5-3-8(4-6-9)11(16)17/h3-6H,7H2,1-2H3,(H,13,18)(H,16,17). The van der Waals surface area contributed by atoms with Crippen LogP contribution in [0.15, 0.2) is 24.3 Å². The molecule has 102 valence electrons. The van der Waals surface area contributed by atoms with Gasteiger partial charge in [-0.3, -0.25) is 4.79 Å². The van der Waals surface area contributed by atoms with Crippen LogP contribution < -0.4 is 5.32 Å². The molecule has 0 saturated carbocycles. The number of benzene rings is 1. The fourth-order valence-corrected chi connectivity index (χ4v) is 1.25. The Labute approximate surface area is 109 Å². The first-order chi connectivity index (χ1) is 8.93. The van der Waals surface area contributed by atoms with Crippen molar-refractivity contribution in [2.75, 3.05) is 26.0 Å². The number of urea groups is 1. The Bertz CT molecular complexity index is 483. The van der Waals surface area contributed by atoms with Crippen LogP contribution in [0.4, 0.5) is 10.5 Å². The van der Waals surface area contributed by atoms with Crippen molar-refractivity contribution in [1.82, 2.24) is 4.90 Å². The molecule has 1 aromatic rings. The Morgan fingerprint density at radius 1 is 1.26 bits per heavy atom. The lowest BCUT2D eigenvalue weighted by Gasteiger charge is -2.16. The molecule has 0 atom stereocenters. The smallest absolute Gasteiger partial charge is 0.335 e. The lowest BCUT2D eigenvalue weighted by Crippen LogP contribution is -2.35. The minimum atomic E-state index is -1.04. The summed E-state index contributed by atoms with van der Waals surface area (Å²) in [4.78, 5) is 34.5. The van der Waals surface area contributed by atoms with Crippen LogP contribution in [0.2, 0.25) is 0 Å². The molecule has 0 bridgehead atoms. The third-order valence-electron chi connectivity index (χ3n) is 2.32. The highest BCUT2D eigenvalue weighted by atomic mass is 16.5. The molecule has 7 heteroatoms. The van der Waals surface area contributed by atoms with Gasteiger partial charge in [-0.15, -0.1) is 0 Å². The molecule has 0 heterocycles. The van der Waals surface area contributed by atoms with Gasteiger partial charge in [0.1, 0.15) is 6.54 Å². The van der Waals surface area contributed by atoms with Crippen molar-refractivity contribution in [3.05, 3.63) is 29.8 Å². The van der Waals surface area contributed by atoms with Crippen LogP contribution >= 0.6 is 0 Å². The van der Waals surface area contributed by atoms with Crippen molar-refractivity contribution >= 4 is 23.7 Å². The third-order valence-corrected chi connectivity index (χ3v) is 2.32. The highest BCUT2D eigenvalue weighted by molar-refractivity contribution is 5.92. The summed E-state index contributed by atoms with van der Waals surface area (Å²) in [5.74, 6) is -1.57. The van der Waals surface area contributed by atoms with Gasteiger partial charge in [0, 0.05) is 12.7 Å². The average Bonchev–Trinajstić information content (AvgIpc) is 2.38. The lowest BCUT2D eigenvalue weighted by molar-refractivity contribution is -0.140. The number of aromatic carboxylic acids is 1. The molecule has 0 spiro atoms. The number of carboxylic acids is 1. The van der Waals surface area contributed by atoms with Gasteiger partial charge in [0.2, 0.25) is 0 Å². The zero-order chi connectivity index (χ0) is 14.4. The molecule has 0 aromatic heterocycles. The van der Waals surface area contributed by atoms with E-state index in [9.17, 15) is 14.4 Å². The summed E-state index contributed by atoms with van der Waals surface area (Å²) in [6.45, 7) is -0.171. The van der Waals surface area contributed by atoms with E-state index in [0.29, 0.717) is 5.69 Å². The number of esters is 1. The molecule has 2 amide bonds. The van der Waals surface area contributed by atoms with E-state index in [2.05, 4.69) is 10.1 Å². The van der Waals surface area contributed by atoms with Crippen LogP contribution in [0.1, 0.15) is 10.4 Å². The van der Waals surface area contributed by atoms with Gasteiger partial charge in [-0.05, 0) is 24.3 Å². The number of ether oxygens (including phenoxy) is 1. The normalized spacial score (nSPS) is 9.58. The molecule has 0 unspecified atom stereocenters. The SMILES string of the molecule is COC(=O)CN(C)C(=O)Nc1ccc(C(=O)O)cc1. The summed E-state index contributed by atoms with van der Waals surface area (Å²) < 4.78 is 4.44. The van der Waals surface area contributed by atoms with Crippen LogP contribution in [0.5, 0.6) is 0 Å². The van der Waals surface area contributed by atoms with E-state index in [1.54, 1.807) is 0 Å². The minimum absolute atomic E-state index is 0.126. The molecular weight excluding hydrogens is 252 g/mol. The van der Waals surface area contributed by atoms with Gasteiger partial charge in [0.25, 0.3) is 0 Å². The fourth-order valence-electron chi connectivity index (χ4n) is 1.25. The number of carbonyl (C=O) groups excluding carboxylic acids is 2. The second-order valence-corrected chi connectivity index (χ2v) is 3.74. The Hall–Kier alpha value is -2.57. The summed E-state index contributed by atoms with van der Waals surface area (Å²) in [5, 5.41) is 11.2. The maximum absolute atomic E-state index is 11.7. The van der Waals surface area contributed by atoms with Crippen molar-refractivity contribution < 1.29 is 24.2 Å². The van der Waals surface area contributed by atoms with Gasteiger partial charge in [0.05, 0.1) is 12.7 Å². The van der Waals surface area contributed by atoms with E-state index in [1.807, 2.05) is 0 Å². The van der Waals surface area contributed by atoms with E-state index in [1.165, 1.54) is 38.4 Å². The molecule has 1 rings (SSSR count). The summed E-state index contributed by atoms with van der Waals surface area (Å²) in [6, 6.07) is 5.19. The number of anilines is 1. The number of nitrogens with one attached hydrogen (secondary N) is 1. The Balaban J connectivity index is 2.61. The largest absolute Gasteiger partial charge is 0.478 e. The molecule has 19 heavy (non-hydrogen) atoms. The van der Waals surface area contributed by atoms with Gasteiger partial charge in [-0.1, -0.05) is 0 Å². The molecule has 0 aliphatic carbocycles. The maximum Gasteiger partial charge on any atom is 0.335 e. The number of amides is 2. The molecule has 0 radical (unpaired) electrons. The molecule has 0 fully saturated rings. The number of methoxy groups -OCH3 is 1. The first kappa shape index (κ1) is 14.5. The zero-order valence-electron chi connectivity index (χ0n) is 10.5. The quantitative estimate of drug-likeness (QED) is 0.793. The van der Waals surface area contributed by atoms with E-state index < -0.39 is 18.0 Å². The summed E-state index contributed by atoms with van der Waals surface area (Å²) in [6.07, 6.45) is 0. The lowest BCUT2D eigenvalue weighted by atomic mass is 10.2. The topological polar surface area (TPSA) is 95.9 Å². The van der Waals surface area contributed by atoms with Gasteiger partial charge >= 0.3 is 18.0 Å². The number of carbonyl (C=O) groups is 3. The van der Waals surface area contributed by atoms with Crippen molar-refractivity contribution in [3.8, 4) is 0 Å². The average molecular weight is 266 g/mol. The number of hydrogen-bond donors (Lipinski definition) is 2. The fraction of sp³-hybridized carbons (Fsp3) is 0.250. The van der Waals surface area contributed by atoms with Crippen molar-refractivity contribution in [3.63, 3.8) is 0 Å². The van der Waals surface area contributed by atoms with Gasteiger partial charge < -0.3 is 20.1 Å². The molecule has 0 saturated heterocycles. The molecule has 1 aromatic carbocycles. The molecular formula is C12H14N2O5. The number of rotatable bonds is 4. The van der Waals surface area contributed by atoms with Crippen molar-refractivity contribution in [2.45, 2.75) is 0 Å². The van der Waals surface area contributed by atoms with Gasteiger partial charge in [0.15, 0.2) is 0 Å². The van der Waals surface area contributed by atoms with Gasteiger partial charge in [-0.2, -0.15) is 0 Å². The van der Waals surface area contributed by atoms with Crippen molar-refractivity contribution in [2.24, 2.45) is 0 Å². The van der Waals surface area contributed by atoms with E-state index in [-0.39, 0.29) is 12.1 Å². The molecule has 2 N–H and O–H groups in total. The third kappa shape index (κ3) is 4.30. The van der Waals surface area contributed by atoms with Crippen LogP contribution in [-0.2, 0) is 9.53 Å². The van der Waals surface area contributed by atoms with Crippen LogP contribution in [-0.4, -0.2) is 48.7 Å². The number of carboxylic acid groups (broad SMARTS) is 1. The van der Waals surface area contributed by atoms with Crippen LogP contribution in [0, 0.1) is 0 Å². The van der Waals surface area contributed by atoms with Crippen LogP contribution in [0.25, 0.3) is 0 Å². The first-order valence-corrected chi connectivity index (χ1v) is 5.36. The summed E-state index contributed by atoms with van der Waals surface area (Å²) in [5.41, 5.74) is 0.563. The Morgan fingerprint density at radius 2 is 1.84 bits per heavy atom. The second-order valence-electron chi connectivity index (χ2n) is 3.74. The van der Waals surface area contributed by atoms with E-state index >= 15 is 0 Å². The predicted molar refractivity (Wildman–Crippen MR) is 67.1 cm³/mol. The molecule has 7 nitrogen and oxygen atoms in total. The van der Waals surface area contributed by atoms with E-state index in [4.69, 9.17) is 5.11 Å². The zero-order valence-corrected chi connectivity index (χ0v) is 10.5. The highest BCUT2D eigenvalue weighted by Gasteiger charge is 2.13. The Kier molecular flexibility index (Phi) is 4.87. The predicted octanol–water partition coefficient (Wildman–Crippen LogP) is 1.02. The Morgan fingerprint density at radius 3 is 2.32 bits per heavy atom. The summed E-state index contributed by atoms with van der Waals surface area (Å²) in [7, 11) is 2.68. The van der Waals surface area contributed by atoms with Crippen molar-refractivity contribution in [1.29, 1.82) is 0 Å². The second kappa shape index (κ2) is 6.39. The molecule has 0 aliphatic heterocycles. The number of hydrogen-bond acceptors (Lipinski definition) is 4. The van der Waals surface area contributed by atoms with Gasteiger partial charge in [-0.25, -0.2) is 9.59 Å². The first-order valence-electron chi connectivity index (χ1n) is 5.36. The monoisotopic (exact) mass is 266 g/mol. The maximum atomic E-state index is 11.7. The molecule has 0 aliphatic rings. The highest BCUT2D eigenvalue weighted by Crippen LogP contribution is 2.10. The summed E-state index contributed by atoms with van der Waals surface area (Å²) >= 11 is 0.